The van der Waals surface area contributed by atoms with E-state index in [1.54, 1.807) is 24.5 Å². The smallest absolute Gasteiger partial charge is 0.292 e. The summed E-state index contributed by atoms with van der Waals surface area (Å²) in [4.78, 5) is 14.9. The van der Waals surface area contributed by atoms with Crippen LogP contribution in [-0.2, 0) is 13.0 Å². The first-order chi connectivity index (χ1) is 9.75. The van der Waals surface area contributed by atoms with Crippen LogP contribution in [0.2, 0.25) is 0 Å². The minimum atomic E-state index is -0.343. The lowest BCUT2D eigenvalue weighted by atomic mass is 10.1. The van der Waals surface area contributed by atoms with Crippen molar-refractivity contribution >= 4 is 17.1 Å². The van der Waals surface area contributed by atoms with Crippen LogP contribution in [0.5, 0.6) is 0 Å². The highest BCUT2D eigenvalue weighted by atomic mass is 16.6. The zero-order valence-electron chi connectivity index (χ0n) is 10.8. The SMILES string of the molecule is O=[N+]([O-])c1ccc2c(c1NCc1cccnc1)CCN2. The molecule has 2 heterocycles. The van der Waals surface area contributed by atoms with E-state index in [1.807, 2.05) is 12.1 Å². The third kappa shape index (κ3) is 2.27. The second-order valence-corrected chi connectivity index (χ2v) is 4.63. The lowest BCUT2D eigenvalue weighted by Gasteiger charge is -2.11. The second kappa shape index (κ2) is 5.16. The topological polar surface area (TPSA) is 80.1 Å². The number of nitrogens with zero attached hydrogens (tertiary/aromatic N) is 2. The number of fused-ring (bicyclic) bond motifs is 1. The number of hydrogen-bond donors (Lipinski definition) is 2. The summed E-state index contributed by atoms with van der Waals surface area (Å²) in [5, 5.41) is 17.6. The predicted molar refractivity (Wildman–Crippen MR) is 76.9 cm³/mol. The molecule has 0 radical (unpaired) electrons. The van der Waals surface area contributed by atoms with Gasteiger partial charge >= 0.3 is 0 Å². The Morgan fingerprint density at radius 2 is 2.30 bits per heavy atom. The van der Waals surface area contributed by atoms with Crippen molar-refractivity contribution in [3.05, 3.63) is 57.9 Å². The molecule has 2 N–H and O–H groups in total. The summed E-state index contributed by atoms with van der Waals surface area (Å²) in [6.45, 7) is 1.34. The highest BCUT2D eigenvalue weighted by Gasteiger charge is 2.23. The van der Waals surface area contributed by atoms with Crippen molar-refractivity contribution in [3.63, 3.8) is 0 Å². The molecule has 20 heavy (non-hydrogen) atoms. The highest BCUT2D eigenvalue weighted by Crippen LogP contribution is 2.37. The summed E-state index contributed by atoms with van der Waals surface area (Å²) in [5.74, 6) is 0. The molecule has 0 unspecified atom stereocenters. The summed E-state index contributed by atoms with van der Waals surface area (Å²) in [6, 6.07) is 7.11. The first-order valence-corrected chi connectivity index (χ1v) is 6.42. The summed E-state index contributed by atoms with van der Waals surface area (Å²) < 4.78 is 0. The zero-order valence-corrected chi connectivity index (χ0v) is 10.8. The van der Waals surface area contributed by atoms with Crippen LogP contribution in [0.1, 0.15) is 11.1 Å². The Balaban J connectivity index is 1.91. The molecule has 0 atom stereocenters. The highest BCUT2D eigenvalue weighted by molar-refractivity contribution is 5.77. The number of benzene rings is 1. The van der Waals surface area contributed by atoms with Crippen molar-refractivity contribution in [1.82, 2.24) is 4.98 Å². The zero-order chi connectivity index (χ0) is 13.9. The van der Waals surface area contributed by atoms with E-state index in [-0.39, 0.29) is 10.6 Å². The summed E-state index contributed by atoms with van der Waals surface area (Å²) in [7, 11) is 0. The van der Waals surface area contributed by atoms with Gasteiger partial charge in [0.25, 0.3) is 5.69 Å². The van der Waals surface area contributed by atoms with Gasteiger partial charge < -0.3 is 10.6 Å². The van der Waals surface area contributed by atoms with Gasteiger partial charge in [-0.05, 0) is 24.1 Å². The Kier molecular flexibility index (Phi) is 3.20. The van der Waals surface area contributed by atoms with Gasteiger partial charge in [-0.2, -0.15) is 0 Å². The van der Waals surface area contributed by atoms with Crippen LogP contribution in [0.4, 0.5) is 17.1 Å². The summed E-state index contributed by atoms with van der Waals surface area (Å²) in [6.07, 6.45) is 4.25. The fourth-order valence-corrected chi connectivity index (χ4v) is 2.43. The van der Waals surface area contributed by atoms with E-state index in [0.29, 0.717) is 12.2 Å². The third-order valence-corrected chi connectivity index (χ3v) is 3.37. The van der Waals surface area contributed by atoms with Crippen molar-refractivity contribution in [3.8, 4) is 0 Å². The normalized spacial score (nSPS) is 12.6. The van der Waals surface area contributed by atoms with E-state index in [2.05, 4.69) is 15.6 Å². The maximum atomic E-state index is 11.2. The molecule has 0 spiro atoms. The van der Waals surface area contributed by atoms with E-state index >= 15 is 0 Å². The van der Waals surface area contributed by atoms with Crippen LogP contribution in [0.3, 0.4) is 0 Å². The number of pyridine rings is 1. The number of nitrogens with one attached hydrogen (secondary N) is 2. The van der Waals surface area contributed by atoms with Crippen molar-refractivity contribution in [2.24, 2.45) is 0 Å². The molecule has 0 aliphatic carbocycles. The van der Waals surface area contributed by atoms with Crippen LogP contribution in [0.25, 0.3) is 0 Å². The number of nitro groups is 1. The van der Waals surface area contributed by atoms with E-state index in [4.69, 9.17) is 0 Å². The molecule has 0 saturated carbocycles. The first kappa shape index (κ1) is 12.4. The fourth-order valence-electron chi connectivity index (χ4n) is 2.43. The standard InChI is InChI=1S/C14H14N4O2/c19-18(20)13-4-3-12-11(5-7-16-12)14(13)17-9-10-2-1-6-15-8-10/h1-4,6,8,16-17H,5,7,9H2. The van der Waals surface area contributed by atoms with Gasteiger partial charge in [0.15, 0.2) is 0 Å². The van der Waals surface area contributed by atoms with Crippen LogP contribution in [0, 0.1) is 10.1 Å². The largest absolute Gasteiger partial charge is 0.384 e. The number of anilines is 2. The molecule has 1 aromatic carbocycles. The maximum absolute atomic E-state index is 11.2. The van der Waals surface area contributed by atoms with Crippen LogP contribution >= 0.6 is 0 Å². The molecule has 0 fully saturated rings. The number of rotatable bonds is 4. The number of nitro benzene ring substituents is 1. The Bertz CT molecular complexity index is 643. The van der Waals surface area contributed by atoms with Gasteiger partial charge in [-0.25, -0.2) is 0 Å². The minimum absolute atomic E-state index is 0.122. The van der Waals surface area contributed by atoms with Crippen molar-refractivity contribution < 1.29 is 4.92 Å². The predicted octanol–water partition coefficient (Wildman–Crippen LogP) is 2.57. The molecule has 0 bridgehead atoms. The van der Waals surface area contributed by atoms with E-state index in [9.17, 15) is 10.1 Å². The van der Waals surface area contributed by atoms with Gasteiger partial charge in [-0.15, -0.1) is 0 Å². The van der Waals surface area contributed by atoms with Crippen molar-refractivity contribution in [2.45, 2.75) is 13.0 Å². The molecular formula is C14H14N4O2. The first-order valence-electron chi connectivity index (χ1n) is 6.42. The molecule has 1 aliphatic rings. The molecule has 0 amide bonds. The molecule has 2 aromatic rings. The molecule has 6 nitrogen and oxygen atoms in total. The monoisotopic (exact) mass is 270 g/mol. The Morgan fingerprint density at radius 3 is 3.05 bits per heavy atom. The van der Waals surface area contributed by atoms with E-state index in [0.717, 1.165) is 29.8 Å². The van der Waals surface area contributed by atoms with Gasteiger partial charge in [0, 0.05) is 42.8 Å². The van der Waals surface area contributed by atoms with Gasteiger partial charge in [0.2, 0.25) is 0 Å². The summed E-state index contributed by atoms with van der Waals surface area (Å²) in [5.41, 5.74) is 3.69. The lowest BCUT2D eigenvalue weighted by Crippen LogP contribution is -2.05. The Labute approximate surface area is 116 Å². The lowest BCUT2D eigenvalue weighted by molar-refractivity contribution is -0.384. The maximum Gasteiger partial charge on any atom is 0.292 e. The minimum Gasteiger partial charge on any atom is -0.384 e. The summed E-state index contributed by atoms with van der Waals surface area (Å²) >= 11 is 0. The van der Waals surface area contributed by atoms with Crippen LogP contribution in [0.15, 0.2) is 36.7 Å². The molecular weight excluding hydrogens is 256 g/mol. The molecule has 1 aromatic heterocycles. The molecule has 6 heteroatoms. The van der Waals surface area contributed by atoms with E-state index in [1.165, 1.54) is 0 Å². The van der Waals surface area contributed by atoms with Gasteiger partial charge in [-0.1, -0.05) is 6.07 Å². The molecule has 102 valence electrons. The van der Waals surface area contributed by atoms with Crippen LogP contribution < -0.4 is 10.6 Å². The molecule has 1 aliphatic heterocycles. The fraction of sp³-hybridized carbons (Fsp3) is 0.214. The van der Waals surface area contributed by atoms with Gasteiger partial charge in [0.1, 0.15) is 5.69 Å². The van der Waals surface area contributed by atoms with Gasteiger partial charge in [-0.3, -0.25) is 15.1 Å². The van der Waals surface area contributed by atoms with Crippen molar-refractivity contribution in [1.29, 1.82) is 0 Å². The molecule has 0 saturated heterocycles. The van der Waals surface area contributed by atoms with E-state index < -0.39 is 0 Å². The molecule has 3 rings (SSSR count). The second-order valence-electron chi connectivity index (χ2n) is 4.63. The number of aromatic nitrogens is 1. The average molecular weight is 270 g/mol. The van der Waals surface area contributed by atoms with Gasteiger partial charge in [0.05, 0.1) is 4.92 Å². The third-order valence-electron chi connectivity index (χ3n) is 3.37. The van der Waals surface area contributed by atoms with Crippen molar-refractivity contribution in [2.75, 3.05) is 17.2 Å². The number of hydrogen-bond acceptors (Lipinski definition) is 5. The van der Waals surface area contributed by atoms with Crippen LogP contribution in [-0.4, -0.2) is 16.5 Å². The Hall–Kier alpha value is -2.63. The average Bonchev–Trinajstić information content (AvgIpc) is 2.94. The quantitative estimate of drug-likeness (QED) is 0.659. The Morgan fingerprint density at radius 1 is 1.40 bits per heavy atom.